The van der Waals surface area contributed by atoms with Crippen LogP contribution in [0.5, 0.6) is 11.5 Å². The molecule has 1 N–H and O–H groups in total. The molecule has 3 nitrogen and oxygen atoms in total. The van der Waals surface area contributed by atoms with Gasteiger partial charge in [-0.3, -0.25) is 0 Å². The molecule has 0 aliphatic carbocycles. The van der Waals surface area contributed by atoms with Crippen molar-refractivity contribution in [2.75, 3.05) is 31.8 Å². The van der Waals surface area contributed by atoms with E-state index >= 15 is 0 Å². The van der Waals surface area contributed by atoms with Crippen molar-refractivity contribution in [2.45, 2.75) is 20.4 Å². The van der Waals surface area contributed by atoms with Gasteiger partial charge in [0, 0.05) is 12.3 Å². The van der Waals surface area contributed by atoms with E-state index in [1.54, 1.807) is 0 Å². The van der Waals surface area contributed by atoms with E-state index in [-0.39, 0.29) is 0 Å². The lowest BCUT2D eigenvalue weighted by Gasteiger charge is -2.13. The molecule has 0 radical (unpaired) electrons. The van der Waals surface area contributed by atoms with Crippen LogP contribution in [0.15, 0.2) is 18.2 Å². The standard InChI is InChI=1S/C14H23NO2S/c1-4-16-14-10-12(11-15-3)6-7-13(14)17-8-9-18-5-2/h6-7,10,15H,4-5,8-9,11H2,1-3H3. The molecule has 1 rings (SSSR count). The summed E-state index contributed by atoms with van der Waals surface area (Å²) in [4.78, 5) is 0. The minimum atomic E-state index is 0.656. The van der Waals surface area contributed by atoms with E-state index in [2.05, 4.69) is 18.3 Å². The van der Waals surface area contributed by atoms with Gasteiger partial charge in [-0.2, -0.15) is 11.8 Å². The summed E-state index contributed by atoms with van der Waals surface area (Å²) in [5.74, 6) is 3.82. The molecule has 1 aromatic carbocycles. The summed E-state index contributed by atoms with van der Waals surface area (Å²) in [5, 5.41) is 3.13. The SMILES string of the molecule is CCOc1cc(CNC)ccc1OCCSCC. The molecule has 0 fully saturated rings. The molecule has 0 saturated carbocycles. The Hall–Kier alpha value is -0.870. The first-order valence-electron chi connectivity index (χ1n) is 6.42. The van der Waals surface area contributed by atoms with Crippen LogP contribution in [0.25, 0.3) is 0 Å². The Bertz CT molecular complexity index is 345. The van der Waals surface area contributed by atoms with Gasteiger partial charge < -0.3 is 14.8 Å². The molecule has 102 valence electrons. The van der Waals surface area contributed by atoms with Crippen molar-refractivity contribution in [2.24, 2.45) is 0 Å². The molecule has 0 aliphatic rings. The van der Waals surface area contributed by atoms with Gasteiger partial charge >= 0.3 is 0 Å². The highest BCUT2D eigenvalue weighted by Crippen LogP contribution is 2.28. The zero-order valence-electron chi connectivity index (χ0n) is 11.5. The lowest BCUT2D eigenvalue weighted by atomic mass is 10.2. The highest BCUT2D eigenvalue weighted by molar-refractivity contribution is 7.99. The Morgan fingerprint density at radius 3 is 2.67 bits per heavy atom. The topological polar surface area (TPSA) is 30.5 Å². The fraction of sp³-hybridized carbons (Fsp3) is 0.571. The van der Waals surface area contributed by atoms with Crippen LogP contribution in [0, 0.1) is 0 Å². The number of benzene rings is 1. The lowest BCUT2D eigenvalue weighted by Crippen LogP contribution is -2.07. The van der Waals surface area contributed by atoms with Crippen LogP contribution in [0.3, 0.4) is 0 Å². The van der Waals surface area contributed by atoms with Crippen molar-refractivity contribution in [3.8, 4) is 11.5 Å². The monoisotopic (exact) mass is 269 g/mol. The maximum absolute atomic E-state index is 5.76. The van der Waals surface area contributed by atoms with Gasteiger partial charge in [0.1, 0.15) is 0 Å². The first-order chi connectivity index (χ1) is 8.81. The quantitative estimate of drug-likeness (QED) is 0.698. The van der Waals surface area contributed by atoms with Crippen LogP contribution in [0.1, 0.15) is 19.4 Å². The Morgan fingerprint density at radius 1 is 1.17 bits per heavy atom. The predicted molar refractivity (Wildman–Crippen MR) is 78.9 cm³/mol. The second-order valence-electron chi connectivity index (χ2n) is 3.79. The normalized spacial score (nSPS) is 10.4. The van der Waals surface area contributed by atoms with Crippen LogP contribution in [-0.4, -0.2) is 31.8 Å². The predicted octanol–water partition coefficient (Wildman–Crippen LogP) is 2.94. The molecule has 0 aliphatic heterocycles. The summed E-state index contributed by atoms with van der Waals surface area (Å²) in [6, 6.07) is 6.11. The minimum absolute atomic E-state index is 0.656. The van der Waals surface area contributed by atoms with Gasteiger partial charge in [-0.1, -0.05) is 13.0 Å². The smallest absolute Gasteiger partial charge is 0.161 e. The van der Waals surface area contributed by atoms with E-state index in [0.29, 0.717) is 6.61 Å². The maximum atomic E-state index is 5.76. The van der Waals surface area contributed by atoms with Crippen molar-refractivity contribution in [1.82, 2.24) is 5.32 Å². The number of hydrogen-bond acceptors (Lipinski definition) is 4. The molecule has 0 saturated heterocycles. The number of rotatable bonds is 9. The largest absolute Gasteiger partial charge is 0.490 e. The van der Waals surface area contributed by atoms with Crippen molar-refractivity contribution in [1.29, 1.82) is 0 Å². The average molecular weight is 269 g/mol. The van der Waals surface area contributed by atoms with Gasteiger partial charge in [0.25, 0.3) is 0 Å². The van der Waals surface area contributed by atoms with Crippen LogP contribution >= 0.6 is 11.8 Å². The minimum Gasteiger partial charge on any atom is -0.490 e. The summed E-state index contributed by atoms with van der Waals surface area (Å²) < 4.78 is 11.4. The van der Waals surface area contributed by atoms with Crippen LogP contribution in [-0.2, 0) is 6.54 Å². The third-order valence-electron chi connectivity index (χ3n) is 2.38. The molecule has 1 aromatic rings. The summed E-state index contributed by atoms with van der Waals surface area (Å²) in [5.41, 5.74) is 1.20. The highest BCUT2D eigenvalue weighted by Gasteiger charge is 2.06. The summed E-state index contributed by atoms with van der Waals surface area (Å²) in [7, 11) is 1.94. The highest BCUT2D eigenvalue weighted by atomic mass is 32.2. The fourth-order valence-electron chi connectivity index (χ4n) is 1.61. The molecule has 0 aromatic heterocycles. The molecular formula is C14H23NO2S. The summed E-state index contributed by atoms with van der Waals surface area (Å²) in [6.07, 6.45) is 0. The summed E-state index contributed by atoms with van der Waals surface area (Å²) >= 11 is 1.88. The lowest BCUT2D eigenvalue weighted by molar-refractivity contribution is 0.289. The van der Waals surface area contributed by atoms with Crippen molar-refractivity contribution in [3.05, 3.63) is 23.8 Å². The average Bonchev–Trinajstić information content (AvgIpc) is 2.37. The second kappa shape index (κ2) is 9.11. The number of thioether (sulfide) groups is 1. The van der Waals surface area contributed by atoms with E-state index in [9.17, 15) is 0 Å². The van der Waals surface area contributed by atoms with Gasteiger partial charge in [-0.15, -0.1) is 0 Å². The van der Waals surface area contributed by atoms with Crippen molar-refractivity contribution < 1.29 is 9.47 Å². The third kappa shape index (κ3) is 5.19. The van der Waals surface area contributed by atoms with E-state index in [4.69, 9.17) is 9.47 Å². The van der Waals surface area contributed by atoms with Crippen LogP contribution in [0.4, 0.5) is 0 Å². The Kier molecular flexibility index (Phi) is 7.69. The molecule has 0 heterocycles. The van der Waals surface area contributed by atoms with Gasteiger partial charge in [0.2, 0.25) is 0 Å². The van der Waals surface area contributed by atoms with Gasteiger partial charge in [0.05, 0.1) is 13.2 Å². The van der Waals surface area contributed by atoms with Gasteiger partial charge in [-0.05, 0) is 37.4 Å². The Morgan fingerprint density at radius 2 is 2.00 bits per heavy atom. The zero-order valence-corrected chi connectivity index (χ0v) is 12.3. The van der Waals surface area contributed by atoms with E-state index in [0.717, 1.165) is 36.2 Å². The second-order valence-corrected chi connectivity index (χ2v) is 5.18. The molecule has 0 bridgehead atoms. The van der Waals surface area contributed by atoms with E-state index in [1.165, 1.54) is 5.56 Å². The first kappa shape index (κ1) is 15.2. The maximum Gasteiger partial charge on any atom is 0.161 e. The fourth-order valence-corrected chi connectivity index (χ4v) is 2.10. The molecule has 18 heavy (non-hydrogen) atoms. The number of nitrogens with one attached hydrogen (secondary N) is 1. The Labute approximate surface area is 114 Å². The number of ether oxygens (including phenoxy) is 2. The molecule has 0 atom stereocenters. The molecule has 0 unspecified atom stereocenters. The van der Waals surface area contributed by atoms with Gasteiger partial charge in [-0.25, -0.2) is 0 Å². The third-order valence-corrected chi connectivity index (χ3v) is 3.24. The van der Waals surface area contributed by atoms with E-state index < -0.39 is 0 Å². The Balaban J connectivity index is 2.63. The zero-order chi connectivity index (χ0) is 13.2. The molecule has 0 amide bonds. The molecule has 0 spiro atoms. The summed E-state index contributed by atoms with van der Waals surface area (Å²) in [6.45, 7) is 6.36. The first-order valence-corrected chi connectivity index (χ1v) is 7.58. The molecule has 4 heteroatoms. The van der Waals surface area contributed by atoms with Crippen molar-refractivity contribution in [3.63, 3.8) is 0 Å². The van der Waals surface area contributed by atoms with Gasteiger partial charge in [0.15, 0.2) is 11.5 Å². The van der Waals surface area contributed by atoms with Crippen LogP contribution < -0.4 is 14.8 Å². The molecular weight excluding hydrogens is 246 g/mol. The number of hydrogen-bond donors (Lipinski definition) is 1. The van der Waals surface area contributed by atoms with E-state index in [1.807, 2.05) is 37.9 Å². The van der Waals surface area contributed by atoms with Crippen LogP contribution in [0.2, 0.25) is 0 Å². The van der Waals surface area contributed by atoms with Crippen molar-refractivity contribution >= 4 is 11.8 Å².